The van der Waals surface area contributed by atoms with Crippen molar-refractivity contribution in [1.82, 2.24) is 9.97 Å². The van der Waals surface area contributed by atoms with Gasteiger partial charge in [-0.05, 0) is 56.7 Å². The summed E-state index contributed by atoms with van der Waals surface area (Å²) in [5.41, 5.74) is 5.01. The molecule has 0 atom stereocenters. The topological polar surface area (TPSA) is 58.0 Å². The van der Waals surface area contributed by atoms with Gasteiger partial charge in [-0.1, -0.05) is 18.2 Å². The summed E-state index contributed by atoms with van der Waals surface area (Å²) in [5, 5.41) is 15.7. The number of aryl methyl sites for hydroxylation is 3. The lowest BCUT2D eigenvalue weighted by molar-refractivity contribution is 0.283. The second-order valence-corrected chi connectivity index (χ2v) is 7.32. The summed E-state index contributed by atoms with van der Waals surface area (Å²) in [4.78, 5) is 10.3. The first-order valence-electron chi connectivity index (χ1n) is 8.78. The number of aromatic nitrogens is 2. The van der Waals surface area contributed by atoms with E-state index in [4.69, 9.17) is 5.11 Å². The van der Waals surface area contributed by atoms with Crippen LogP contribution in [0.4, 0.5) is 5.82 Å². The molecule has 4 nitrogen and oxygen atoms in total. The summed E-state index contributed by atoms with van der Waals surface area (Å²) < 4.78 is 0. The van der Waals surface area contributed by atoms with Crippen LogP contribution in [0.5, 0.6) is 0 Å². The third-order valence-electron chi connectivity index (χ3n) is 4.49. The number of fused-ring (bicyclic) bond motifs is 1. The Morgan fingerprint density at radius 1 is 1.04 bits per heavy atom. The number of benzene rings is 1. The van der Waals surface area contributed by atoms with Crippen LogP contribution in [0.25, 0.3) is 21.3 Å². The first kappa shape index (κ1) is 17.8. The van der Waals surface area contributed by atoms with Crippen molar-refractivity contribution in [3.8, 4) is 11.1 Å². The van der Waals surface area contributed by atoms with E-state index in [0.29, 0.717) is 0 Å². The summed E-state index contributed by atoms with van der Waals surface area (Å²) in [6.45, 7) is 7.34. The first-order chi connectivity index (χ1) is 12.1. The van der Waals surface area contributed by atoms with Gasteiger partial charge in [-0.15, -0.1) is 11.3 Å². The van der Waals surface area contributed by atoms with Crippen LogP contribution in [0.3, 0.4) is 0 Å². The summed E-state index contributed by atoms with van der Waals surface area (Å²) in [7, 11) is 0. The van der Waals surface area contributed by atoms with Gasteiger partial charge in [0.2, 0.25) is 0 Å². The van der Waals surface area contributed by atoms with Gasteiger partial charge in [0.15, 0.2) is 0 Å². The average Bonchev–Trinajstić information content (AvgIpc) is 3.01. The molecule has 0 spiro atoms. The standard InChI is InChI=1S/C20H25N3OS/c1-13-7-8-16(11-14(13)2)17-12-25-20-18(17)19(22-15(3)23-20)21-9-5-4-6-10-24/h7-8,11-12,24H,4-6,9-10H2,1-3H3,(H,21,22,23). The Morgan fingerprint density at radius 3 is 2.64 bits per heavy atom. The van der Waals surface area contributed by atoms with Crippen molar-refractivity contribution in [2.45, 2.75) is 40.0 Å². The van der Waals surface area contributed by atoms with E-state index >= 15 is 0 Å². The monoisotopic (exact) mass is 355 g/mol. The van der Waals surface area contributed by atoms with Crippen LogP contribution < -0.4 is 5.32 Å². The molecule has 2 aromatic heterocycles. The second kappa shape index (κ2) is 7.93. The van der Waals surface area contributed by atoms with E-state index in [1.165, 1.54) is 22.3 Å². The summed E-state index contributed by atoms with van der Waals surface area (Å²) >= 11 is 1.67. The highest BCUT2D eigenvalue weighted by Crippen LogP contribution is 2.37. The molecule has 0 radical (unpaired) electrons. The molecule has 3 rings (SSSR count). The number of nitrogens with one attached hydrogen (secondary N) is 1. The molecule has 0 aliphatic heterocycles. The lowest BCUT2D eigenvalue weighted by atomic mass is 10.0. The Balaban J connectivity index is 1.95. The number of aliphatic hydroxyl groups excluding tert-OH is 1. The van der Waals surface area contributed by atoms with Crippen LogP contribution in [-0.2, 0) is 0 Å². The maximum Gasteiger partial charge on any atom is 0.139 e. The fourth-order valence-corrected chi connectivity index (χ4v) is 3.91. The zero-order valence-corrected chi connectivity index (χ0v) is 15.9. The van der Waals surface area contributed by atoms with Crippen molar-refractivity contribution in [2.75, 3.05) is 18.5 Å². The van der Waals surface area contributed by atoms with Gasteiger partial charge in [-0.2, -0.15) is 0 Å². The molecule has 132 valence electrons. The Labute approximate surface area is 153 Å². The van der Waals surface area contributed by atoms with E-state index < -0.39 is 0 Å². The number of unbranched alkanes of at least 4 members (excludes halogenated alkanes) is 2. The van der Waals surface area contributed by atoms with Gasteiger partial charge in [-0.3, -0.25) is 0 Å². The molecule has 0 aliphatic carbocycles. The number of nitrogens with zero attached hydrogens (tertiary/aromatic N) is 2. The highest BCUT2D eigenvalue weighted by molar-refractivity contribution is 7.17. The summed E-state index contributed by atoms with van der Waals surface area (Å²) in [6.07, 6.45) is 2.89. The van der Waals surface area contributed by atoms with Crippen LogP contribution in [-0.4, -0.2) is 28.2 Å². The second-order valence-electron chi connectivity index (χ2n) is 6.46. The van der Waals surface area contributed by atoms with E-state index in [-0.39, 0.29) is 6.61 Å². The smallest absolute Gasteiger partial charge is 0.139 e. The molecule has 0 saturated carbocycles. The van der Waals surface area contributed by atoms with Crippen LogP contribution in [0.15, 0.2) is 23.6 Å². The van der Waals surface area contributed by atoms with Crippen LogP contribution in [0, 0.1) is 20.8 Å². The van der Waals surface area contributed by atoms with Crippen LogP contribution in [0.1, 0.15) is 36.2 Å². The molecule has 2 N–H and O–H groups in total. The van der Waals surface area contributed by atoms with Gasteiger partial charge in [0, 0.05) is 24.1 Å². The van der Waals surface area contributed by atoms with Gasteiger partial charge in [0.25, 0.3) is 0 Å². The lowest BCUT2D eigenvalue weighted by Gasteiger charge is -2.10. The molecule has 5 heteroatoms. The Kier molecular flexibility index (Phi) is 5.66. The predicted octanol–water partition coefficient (Wildman–Crippen LogP) is 4.86. The van der Waals surface area contributed by atoms with Crippen molar-refractivity contribution in [1.29, 1.82) is 0 Å². The van der Waals surface area contributed by atoms with E-state index in [1.54, 1.807) is 11.3 Å². The van der Waals surface area contributed by atoms with Crippen molar-refractivity contribution in [3.63, 3.8) is 0 Å². The third kappa shape index (κ3) is 3.99. The van der Waals surface area contributed by atoms with Gasteiger partial charge in [0.1, 0.15) is 16.5 Å². The maximum atomic E-state index is 8.90. The number of anilines is 1. The van der Waals surface area contributed by atoms with Crippen LogP contribution >= 0.6 is 11.3 Å². The molecule has 0 fully saturated rings. The zero-order valence-electron chi connectivity index (χ0n) is 15.1. The minimum Gasteiger partial charge on any atom is -0.396 e. The van der Waals surface area contributed by atoms with E-state index in [1.807, 2.05) is 6.92 Å². The van der Waals surface area contributed by atoms with Gasteiger partial charge in [0.05, 0.1) is 5.39 Å². The molecular weight excluding hydrogens is 330 g/mol. The lowest BCUT2D eigenvalue weighted by Crippen LogP contribution is -2.05. The average molecular weight is 356 g/mol. The number of rotatable bonds is 7. The number of thiophene rings is 1. The van der Waals surface area contributed by atoms with Gasteiger partial charge in [-0.25, -0.2) is 9.97 Å². The fourth-order valence-electron chi connectivity index (χ4n) is 2.92. The maximum absolute atomic E-state index is 8.90. The molecule has 1 aromatic carbocycles. The molecule has 2 heterocycles. The van der Waals surface area contributed by atoms with E-state index in [9.17, 15) is 0 Å². The Hall–Kier alpha value is -1.98. The van der Waals surface area contributed by atoms with Crippen molar-refractivity contribution in [2.24, 2.45) is 0 Å². The number of hydrogen-bond acceptors (Lipinski definition) is 5. The van der Waals surface area contributed by atoms with Crippen LogP contribution in [0.2, 0.25) is 0 Å². The van der Waals surface area contributed by atoms with Gasteiger partial charge < -0.3 is 10.4 Å². The quantitative estimate of drug-likeness (QED) is 0.594. The number of aliphatic hydroxyl groups is 1. The molecule has 0 bridgehead atoms. The Bertz CT molecular complexity index is 873. The van der Waals surface area contributed by atoms with Gasteiger partial charge >= 0.3 is 0 Å². The summed E-state index contributed by atoms with van der Waals surface area (Å²) in [6, 6.07) is 6.58. The largest absolute Gasteiger partial charge is 0.396 e. The molecule has 0 amide bonds. The highest BCUT2D eigenvalue weighted by atomic mass is 32.1. The highest BCUT2D eigenvalue weighted by Gasteiger charge is 2.14. The zero-order chi connectivity index (χ0) is 17.8. The van der Waals surface area contributed by atoms with Crippen molar-refractivity contribution < 1.29 is 5.11 Å². The van der Waals surface area contributed by atoms with Crippen molar-refractivity contribution in [3.05, 3.63) is 40.5 Å². The Morgan fingerprint density at radius 2 is 1.88 bits per heavy atom. The van der Waals surface area contributed by atoms with E-state index in [0.717, 1.165) is 47.7 Å². The normalized spacial score (nSPS) is 11.2. The minimum atomic E-state index is 0.262. The molecule has 0 aliphatic rings. The molecule has 0 unspecified atom stereocenters. The third-order valence-corrected chi connectivity index (χ3v) is 5.36. The molecule has 25 heavy (non-hydrogen) atoms. The first-order valence-corrected chi connectivity index (χ1v) is 9.66. The SMILES string of the molecule is Cc1nc(NCCCCCO)c2c(-c3ccc(C)c(C)c3)csc2n1. The van der Waals surface area contributed by atoms with E-state index in [2.05, 4.69) is 52.7 Å². The molecular formula is C20H25N3OS. The molecule has 0 saturated heterocycles. The fraction of sp³-hybridized carbons (Fsp3) is 0.400. The van der Waals surface area contributed by atoms with Crippen molar-refractivity contribution >= 4 is 27.4 Å². The summed E-state index contributed by atoms with van der Waals surface area (Å²) in [5.74, 6) is 1.71. The number of hydrogen-bond donors (Lipinski definition) is 2. The minimum absolute atomic E-state index is 0.262. The predicted molar refractivity (Wildman–Crippen MR) is 106 cm³/mol. The molecule has 3 aromatic rings.